The molecule has 0 atom stereocenters. The normalized spacial score (nSPS) is 14.0. The first kappa shape index (κ1) is 19.9. The molecule has 1 aliphatic rings. The molecule has 0 radical (unpaired) electrons. The third-order valence-electron chi connectivity index (χ3n) is 4.66. The van der Waals surface area contributed by atoms with Gasteiger partial charge in [-0.15, -0.1) is 0 Å². The van der Waals surface area contributed by atoms with Crippen LogP contribution in [0.2, 0.25) is 0 Å². The summed E-state index contributed by atoms with van der Waals surface area (Å²) in [6, 6.07) is 7.60. The first-order valence-corrected chi connectivity index (χ1v) is 9.59. The molecule has 150 valence electrons. The fourth-order valence-corrected chi connectivity index (χ4v) is 3.10. The minimum absolute atomic E-state index is 0.195. The van der Waals surface area contributed by atoms with Crippen LogP contribution in [0.5, 0.6) is 0 Å². The van der Waals surface area contributed by atoms with Crippen LogP contribution in [-0.4, -0.2) is 39.2 Å². The largest absolute Gasteiger partial charge is 0.444 e. The van der Waals surface area contributed by atoms with E-state index in [0.29, 0.717) is 36.8 Å². The minimum Gasteiger partial charge on any atom is -0.444 e. The van der Waals surface area contributed by atoms with Crippen molar-refractivity contribution in [2.75, 3.05) is 11.9 Å². The van der Waals surface area contributed by atoms with Crippen molar-refractivity contribution in [2.45, 2.75) is 59.1 Å². The lowest BCUT2D eigenvalue weighted by atomic mass is 10.0. The molecule has 0 spiro atoms. The van der Waals surface area contributed by atoms with Gasteiger partial charge in [0.05, 0.1) is 12.2 Å². The molecule has 1 aromatic carbocycles. The lowest BCUT2D eigenvalue weighted by Crippen LogP contribution is -2.39. The quantitative estimate of drug-likeness (QED) is 0.835. The lowest BCUT2D eigenvalue weighted by molar-refractivity contribution is 0.0221. The molecule has 1 aromatic heterocycles. The molecule has 0 saturated heterocycles. The number of ether oxygens (including phenoxy) is 1. The number of H-pyrrole nitrogens is 1. The summed E-state index contributed by atoms with van der Waals surface area (Å²) in [5.74, 6) is 0.749. The molecule has 0 fully saturated rings. The number of carbonyl (C=O) groups is 2. The number of rotatable bonds is 3. The molecule has 0 bridgehead atoms. The zero-order valence-electron chi connectivity index (χ0n) is 17.1. The van der Waals surface area contributed by atoms with Crippen LogP contribution in [-0.2, 0) is 17.7 Å². The standard InChI is InChI=1S/C21H28N4O3/c1-13(2)14-6-8-15(9-7-14)19(26)22-18-16-10-11-25(12-17(16)23-24-18)20(27)28-21(3,4)5/h6-9,13H,10-12H2,1-5H3,(H2,22,23,24,26). The maximum absolute atomic E-state index is 12.6. The molecule has 0 aliphatic carbocycles. The summed E-state index contributed by atoms with van der Waals surface area (Å²) in [5, 5.41) is 10.1. The Labute approximate surface area is 165 Å². The number of hydrogen-bond donors (Lipinski definition) is 2. The van der Waals surface area contributed by atoms with E-state index in [2.05, 4.69) is 29.4 Å². The van der Waals surface area contributed by atoms with E-state index in [4.69, 9.17) is 4.74 Å². The zero-order chi connectivity index (χ0) is 20.5. The minimum atomic E-state index is -0.532. The van der Waals surface area contributed by atoms with Crippen LogP contribution in [0, 0.1) is 0 Å². The first-order chi connectivity index (χ1) is 13.1. The van der Waals surface area contributed by atoms with Crippen molar-refractivity contribution in [3.63, 3.8) is 0 Å². The maximum atomic E-state index is 12.6. The number of aromatic nitrogens is 2. The van der Waals surface area contributed by atoms with Crippen molar-refractivity contribution in [1.82, 2.24) is 15.1 Å². The van der Waals surface area contributed by atoms with Crippen molar-refractivity contribution in [1.29, 1.82) is 0 Å². The molecule has 1 aliphatic heterocycles. The molecule has 0 saturated carbocycles. The highest BCUT2D eigenvalue weighted by molar-refractivity contribution is 6.04. The van der Waals surface area contributed by atoms with Crippen molar-refractivity contribution >= 4 is 17.8 Å². The van der Waals surface area contributed by atoms with E-state index in [1.54, 1.807) is 4.90 Å². The average molecular weight is 384 g/mol. The van der Waals surface area contributed by atoms with Gasteiger partial charge in [-0.25, -0.2) is 4.79 Å². The lowest BCUT2D eigenvalue weighted by Gasteiger charge is -2.29. The average Bonchev–Trinajstić information content (AvgIpc) is 3.02. The van der Waals surface area contributed by atoms with Gasteiger partial charge in [0.15, 0.2) is 5.82 Å². The van der Waals surface area contributed by atoms with E-state index >= 15 is 0 Å². The Morgan fingerprint density at radius 3 is 2.50 bits per heavy atom. The van der Waals surface area contributed by atoms with Crippen LogP contribution in [0.15, 0.2) is 24.3 Å². The van der Waals surface area contributed by atoms with Gasteiger partial charge in [-0.3, -0.25) is 9.89 Å². The highest BCUT2D eigenvalue weighted by Gasteiger charge is 2.28. The molecule has 2 amide bonds. The van der Waals surface area contributed by atoms with E-state index in [1.807, 2.05) is 45.0 Å². The van der Waals surface area contributed by atoms with Crippen molar-refractivity contribution in [3.8, 4) is 0 Å². The summed E-state index contributed by atoms with van der Waals surface area (Å²) in [6.07, 6.45) is 0.260. The summed E-state index contributed by atoms with van der Waals surface area (Å²) in [6.45, 7) is 10.7. The fraction of sp³-hybridized carbons (Fsp3) is 0.476. The van der Waals surface area contributed by atoms with Crippen molar-refractivity contribution in [3.05, 3.63) is 46.6 Å². The van der Waals surface area contributed by atoms with Gasteiger partial charge in [0, 0.05) is 17.7 Å². The monoisotopic (exact) mass is 384 g/mol. The first-order valence-electron chi connectivity index (χ1n) is 9.59. The smallest absolute Gasteiger partial charge is 0.410 e. The van der Waals surface area contributed by atoms with Gasteiger partial charge in [-0.1, -0.05) is 26.0 Å². The summed E-state index contributed by atoms with van der Waals surface area (Å²) in [4.78, 5) is 26.5. The van der Waals surface area contributed by atoms with Gasteiger partial charge in [-0.2, -0.15) is 5.10 Å². The Bertz CT molecular complexity index is 863. The SMILES string of the molecule is CC(C)c1ccc(C(=O)Nc2n[nH]c3c2CCN(C(=O)OC(C)(C)C)C3)cc1. The topological polar surface area (TPSA) is 87.3 Å². The highest BCUT2D eigenvalue weighted by atomic mass is 16.6. The van der Waals surface area contributed by atoms with Crippen LogP contribution < -0.4 is 5.32 Å². The molecule has 2 aromatic rings. The number of aromatic amines is 1. The van der Waals surface area contributed by atoms with Crippen LogP contribution in [0.1, 0.15) is 67.7 Å². The van der Waals surface area contributed by atoms with Crippen molar-refractivity contribution in [2.24, 2.45) is 0 Å². The van der Waals surface area contributed by atoms with Crippen LogP contribution in [0.25, 0.3) is 0 Å². The van der Waals surface area contributed by atoms with E-state index < -0.39 is 5.60 Å². The van der Waals surface area contributed by atoms with Crippen LogP contribution in [0.3, 0.4) is 0 Å². The van der Waals surface area contributed by atoms with E-state index in [9.17, 15) is 9.59 Å². The number of hydrogen-bond acceptors (Lipinski definition) is 4. The Morgan fingerprint density at radius 1 is 1.21 bits per heavy atom. The van der Waals surface area contributed by atoms with Gasteiger partial charge in [0.1, 0.15) is 5.60 Å². The molecule has 0 unspecified atom stereocenters. The molecule has 7 nitrogen and oxygen atoms in total. The Morgan fingerprint density at radius 2 is 1.89 bits per heavy atom. The summed E-state index contributed by atoms with van der Waals surface area (Å²) in [7, 11) is 0. The Kier molecular flexibility index (Phi) is 5.45. The Balaban J connectivity index is 1.67. The van der Waals surface area contributed by atoms with Crippen LogP contribution >= 0.6 is 0 Å². The molecular formula is C21H28N4O3. The third-order valence-corrected chi connectivity index (χ3v) is 4.66. The number of carbonyl (C=O) groups excluding carboxylic acids is 2. The number of anilines is 1. The Hall–Kier alpha value is -2.83. The second-order valence-electron chi connectivity index (χ2n) is 8.41. The van der Waals surface area contributed by atoms with Gasteiger partial charge < -0.3 is 15.0 Å². The van der Waals surface area contributed by atoms with E-state index in [-0.39, 0.29) is 12.0 Å². The summed E-state index contributed by atoms with van der Waals surface area (Å²) >= 11 is 0. The zero-order valence-corrected chi connectivity index (χ0v) is 17.1. The predicted octanol–water partition coefficient (Wildman–Crippen LogP) is 4.08. The van der Waals surface area contributed by atoms with Gasteiger partial charge in [-0.05, 0) is 50.8 Å². The molecule has 3 rings (SSSR count). The number of nitrogens with one attached hydrogen (secondary N) is 2. The number of nitrogens with zero attached hydrogens (tertiary/aromatic N) is 2. The number of benzene rings is 1. The third kappa shape index (κ3) is 4.52. The second-order valence-corrected chi connectivity index (χ2v) is 8.41. The number of fused-ring (bicyclic) bond motifs is 1. The van der Waals surface area contributed by atoms with Gasteiger partial charge in [0.2, 0.25) is 0 Å². The molecule has 2 heterocycles. The molecular weight excluding hydrogens is 356 g/mol. The van der Waals surface area contributed by atoms with Crippen molar-refractivity contribution < 1.29 is 14.3 Å². The number of amides is 2. The summed E-state index contributed by atoms with van der Waals surface area (Å²) in [5.41, 5.74) is 3.01. The maximum Gasteiger partial charge on any atom is 0.410 e. The predicted molar refractivity (Wildman–Crippen MR) is 107 cm³/mol. The van der Waals surface area contributed by atoms with E-state index in [0.717, 1.165) is 11.3 Å². The fourth-order valence-electron chi connectivity index (χ4n) is 3.10. The van der Waals surface area contributed by atoms with E-state index in [1.165, 1.54) is 5.56 Å². The van der Waals surface area contributed by atoms with Crippen LogP contribution in [0.4, 0.5) is 10.6 Å². The summed E-state index contributed by atoms with van der Waals surface area (Å²) < 4.78 is 5.43. The molecule has 28 heavy (non-hydrogen) atoms. The van der Waals surface area contributed by atoms with Gasteiger partial charge in [0.25, 0.3) is 5.91 Å². The molecule has 7 heteroatoms. The second kappa shape index (κ2) is 7.66. The highest BCUT2D eigenvalue weighted by Crippen LogP contribution is 2.25. The molecule has 2 N–H and O–H groups in total. The van der Waals surface area contributed by atoms with Gasteiger partial charge >= 0.3 is 6.09 Å².